The number of hydrogen-bond donors (Lipinski definition) is 0. The quantitative estimate of drug-likeness (QED) is 0.340. The van der Waals surface area contributed by atoms with Crippen LogP contribution in [-0.4, -0.2) is 0 Å². The van der Waals surface area contributed by atoms with Crippen LogP contribution in [0.25, 0.3) is 0 Å². The van der Waals surface area contributed by atoms with Crippen LogP contribution in [0.15, 0.2) is 24.3 Å². The van der Waals surface area contributed by atoms with Crippen molar-refractivity contribution in [1.29, 1.82) is 0 Å². The average molecular weight is 424 g/mol. The van der Waals surface area contributed by atoms with Gasteiger partial charge in [-0.3, -0.25) is 0 Å². The highest BCUT2D eigenvalue weighted by molar-refractivity contribution is 5.31. The summed E-state index contributed by atoms with van der Waals surface area (Å²) in [4.78, 5) is 0. The second-order valence-corrected chi connectivity index (χ2v) is 8.74. The van der Waals surface area contributed by atoms with E-state index in [0.29, 0.717) is 24.3 Å². The molecule has 1 aromatic rings. The molecule has 2 aliphatic rings. The van der Waals surface area contributed by atoms with E-state index in [4.69, 9.17) is 0 Å². The second kappa shape index (κ2) is 9.98. The van der Waals surface area contributed by atoms with Gasteiger partial charge in [0.15, 0.2) is 0 Å². The smallest absolute Gasteiger partial charge is 0.206 e. The zero-order valence-corrected chi connectivity index (χ0v) is 17.4. The van der Waals surface area contributed by atoms with Crippen molar-refractivity contribution < 1.29 is 22.0 Å². The summed E-state index contributed by atoms with van der Waals surface area (Å²) in [6.45, 7) is 2.26. The highest BCUT2D eigenvalue weighted by Gasteiger charge is 2.38. The molecule has 0 bridgehead atoms. The molecule has 0 saturated heterocycles. The molecular formula is C25H29F5. The molecule has 0 spiro atoms. The van der Waals surface area contributed by atoms with E-state index in [2.05, 4.69) is 24.8 Å². The molecule has 0 heterocycles. The van der Waals surface area contributed by atoms with Crippen LogP contribution < -0.4 is 0 Å². The number of hydrogen-bond acceptors (Lipinski definition) is 0. The first kappa shape index (κ1) is 22.8. The molecule has 0 aliphatic heterocycles. The lowest BCUT2D eigenvalue weighted by Crippen LogP contribution is -2.15. The van der Waals surface area contributed by atoms with Crippen LogP contribution >= 0.6 is 0 Å². The number of rotatable bonds is 3. The molecule has 2 aliphatic carbocycles. The Kier molecular flexibility index (Phi) is 7.60. The van der Waals surface area contributed by atoms with Gasteiger partial charge in [0.25, 0.3) is 0 Å². The molecule has 1 aromatic carbocycles. The Balaban J connectivity index is 1.51. The van der Waals surface area contributed by atoms with Gasteiger partial charge in [-0.15, -0.1) is 0 Å². The Morgan fingerprint density at radius 1 is 0.933 bits per heavy atom. The van der Waals surface area contributed by atoms with Crippen molar-refractivity contribution in [2.24, 2.45) is 17.8 Å². The van der Waals surface area contributed by atoms with Gasteiger partial charge in [-0.25, -0.2) is 8.78 Å². The predicted octanol–water partition coefficient (Wildman–Crippen LogP) is 8.03. The molecule has 0 atom stereocenters. The summed E-state index contributed by atoms with van der Waals surface area (Å²) in [5, 5.41) is 0. The zero-order valence-electron chi connectivity index (χ0n) is 17.4. The maximum absolute atomic E-state index is 13.8. The van der Waals surface area contributed by atoms with Crippen LogP contribution in [0.1, 0.15) is 81.8 Å². The minimum atomic E-state index is -5.03. The first-order valence-corrected chi connectivity index (χ1v) is 11.0. The van der Waals surface area contributed by atoms with Gasteiger partial charge in [-0.2, -0.15) is 13.2 Å². The van der Waals surface area contributed by atoms with Gasteiger partial charge >= 0.3 is 6.18 Å². The molecule has 2 saturated carbocycles. The minimum Gasteiger partial charge on any atom is -0.206 e. The first-order chi connectivity index (χ1) is 14.3. The van der Waals surface area contributed by atoms with Crippen LogP contribution in [0.4, 0.5) is 22.0 Å². The van der Waals surface area contributed by atoms with Crippen molar-refractivity contribution in [2.75, 3.05) is 0 Å². The van der Waals surface area contributed by atoms with Crippen molar-refractivity contribution in [3.63, 3.8) is 0 Å². The van der Waals surface area contributed by atoms with Crippen LogP contribution in [0.5, 0.6) is 0 Å². The molecular weight excluding hydrogens is 395 g/mol. The average Bonchev–Trinajstić information content (AvgIpc) is 2.70. The molecule has 5 heteroatoms. The van der Waals surface area contributed by atoms with Crippen molar-refractivity contribution in [1.82, 2.24) is 0 Å². The third kappa shape index (κ3) is 5.86. The topological polar surface area (TPSA) is 0 Å². The highest BCUT2D eigenvalue weighted by Crippen LogP contribution is 2.39. The molecule has 2 fully saturated rings. The predicted molar refractivity (Wildman–Crippen MR) is 109 cm³/mol. The Morgan fingerprint density at radius 3 is 2.07 bits per heavy atom. The number of allylic oxidation sites excluding steroid dienone is 2. The monoisotopic (exact) mass is 424 g/mol. The standard InChI is InChI=1S/C25H29F5/c1-2-17-7-9-18(10-8-17)5-3-4-6-19-11-13-20(14-12-19)21-15-22(26)24(23(27)16-21)25(28,29)30/h3,5,15-20H,2,7-14H2,1H3. The van der Waals surface area contributed by atoms with E-state index in [0.717, 1.165) is 30.9 Å². The van der Waals surface area contributed by atoms with E-state index >= 15 is 0 Å². The molecule has 164 valence electrons. The third-order valence-corrected chi connectivity index (χ3v) is 6.75. The van der Waals surface area contributed by atoms with Crippen molar-refractivity contribution in [3.05, 3.63) is 47.0 Å². The second-order valence-electron chi connectivity index (χ2n) is 8.74. The third-order valence-electron chi connectivity index (χ3n) is 6.75. The Hall–Kier alpha value is -1.83. The first-order valence-electron chi connectivity index (χ1n) is 11.0. The fraction of sp³-hybridized carbons (Fsp3) is 0.600. The summed E-state index contributed by atoms with van der Waals surface area (Å²) < 4.78 is 65.9. The van der Waals surface area contributed by atoms with E-state index in [1.54, 1.807) is 0 Å². The van der Waals surface area contributed by atoms with Gasteiger partial charge in [-0.1, -0.05) is 31.3 Å². The van der Waals surface area contributed by atoms with Crippen LogP contribution in [0, 0.1) is 41.2 Å². The van der Waals surface area contributed by atoms with Crippen LogP contribution in [0.2, 0.25) is 0 Å². The highest BCUT2D eigenvalue weighted by atomic mass is 19.4. The molecule has 0 amide bonds. The fourth-order valence-corrected chi connectivity index (χ4v) is 4.81. The van der Waals surface area contributed by atoms with E-state index in [1.165, 1.54) is 32.1 Å². The van der Waals surface area contributed by atoms with Gasteiger partial charge in [-0.05, 0) is 92.9 Å². The summed E-state index contributed by atoms with van der Waals surface area (Å²) in [6, 6.07) is 1.69. The fourth-order valence-electron chi connectivity index (χ4n) is 4.81. The SMILES string of the molecule is CCC1CCC(C=CC#CC2CCC(c3cc(F)c(C(F)(F)F)c(F)c3)CC2)CC1. The lowest BCUT2D eigenvalue weighted by molar-refractivity contribution is -0.142. The molecule has 0 N–H and O–H groups in total. The number of alkyl halides is 3. The van der Waals surface area contributed by atoms with Crippen molar-refractivity contribution >= 4 is 0 Å². The van der Waals surface area contributed by atoms with Crippen LogP contribution in [0.3, 0.4) is 0 Å². The molecule has 0 radical (unpaired) electrons. The van der Waals surface area contributed by atoms with Gasteiger partial charge in [0.05, 0.1) is 0 Å². The number of benzene rings is 1. The van der Waals surface area contributed by atoms with Crippen molar-refractivity contribution in [3.8, 4) is 11.8 Å². The van der Waals surface area contributed by atoms with Gasteiger partial charge in [0.2, 0.25) is 0 Å². The summed E-state index contributed by atoms with van der Waals surface area (Å²) >= 11 is 0. The zero-order chi connectivity index (χ0) is 21.7. The summed E-state index contributed by atoms with van der Waals surface area (Å²) in [7, 11) is 0. The van der Waals surface area contributed by atoms with Crippen molar-refractivity contribution in [2.45, 2.75) is 76.8 Å². The summed E-state index contributed by atoms with van der Waals surface area (Å²) in [5.41, 5.74) is -1.49. The molecule has 30 heavy (non-hydrogen) atoms. The minimum absolute atomic E-state index is 0.126. The van der Waals surface area contributed by atoms with E-state index in [-0.39, 0.29) is 11.8 Å². The molecule has 3 rings (SSSR count). The summed E-state index contributed by atoms with van der Waals surface area (Å²) in [6.07, 6.45) is 8.43. The van der Waals surface area contributed by atoms with E-state index in [1.807, 2.05) is 6.08 Å². The lowest BCUT2D eigenvalue weighted by Gasteiger charge is -2.26. The Bertz CT molecular complexity index is 772. The van der Waals surface area contributed by atoms with Gasteiger partial charge in [0, 0.05) is 5.92 Å². The number of halogens is 5. The lowest BCUT2D eigenvalue weighted by atomic mass is 9.78. The normalized spacial score (nSPS) is 27.7. The maximum Gasteiger partial charge on any atom is 0.422 e. The van der Waals surface area contributed by atoms with E-state index in [9.17, 15) is 22.0 Å². The molecule has 0 unspecified atom stereocenters. The molecule has 0 aromatic heterocycles. The van der Waals surface area contributed by atoms with Gasteiger partial charge in [0.1, 0.15) is 17.2 Å². The molecule has 0 nitrogen and oxygen atoms in total. The Labute approximate surface area is 175 Å². The largest absolute Gasteiger partial charge is 0.422 e. The summed E-state index contributed by atoms with van der Waals surface area (Å²) in [5.74, 6) is 4.97. The van der Waals surface area contributed by atoms with Crippen LogP contribution in [-0.2, 0) is 6.18 Å². The van der Waals surface area contributed by atoms with E-state index < -0.39 is 23.4 Å². The maximum atomic E-state index is 13.8. The Morgan fingerprint density at radius 2 is 1.53 bits per heavy atom. The van der Waals surface area contributed by atoms with Gasteiger partial charge < -0.3 is 0 Å².